The molecule has 0 spiro atoms. The molecule has 2 aromatic rings. The predicted molar refractivity (Wildman–Crippen MR) is 84.7 cm³/mol. The number of aromatic nitrogens is 1. The van der Waals surface area contributed by atoms with E-state index in [1.165, 1.54) is 0 Å². The molecule has 0 saturated heterocycles. The van der Waals surface area contributed by atoms with E-state index in [0.717, 1.165) is 9.13 Å². The third-order valence-electron chi connectivity index (χ3n) is 2.75. The van der Waals surface area contributed by atoms with E-state index >= 15 is 0 Å². The summed E-state index contributed by atoms with van der Waals surface area (Å²) in [6.07, 6.45) is 0. The molecule has 0 amide bonds. The molecule has 0 bridgehead atoms. The first kappa shape index (κ1) is 15.0. The van der Waals surface area contributed by atoms with Crippen molar-refractivity contribution in [2.24, 2.45) is 0 Å². The van der Waals surface area contributed by atoms with E-state index in [1.54, 1.807) is 6.92 Å². The van der Waals surface area contributed by atoms with Crippen LogP contribution in [-0.4, -0.2) is 17.6 Å². The summed E-state index contributed by atoms with van der Waals surface area (Å²) in [5.74, 6) is 0.291. The fourth-order valence-corrected chi connectivity index (χ4v) is 2.14. The van der Waals surface area contributed by atoms with Crippen molar-refractivity contribution in [3.63, 3.8) is 0 Å². The summed E-state index contributed by atoms with van der Waals surface area (Å²) in [4.78, 5) is 16.4. The van der Waals surface area contributed by atoms with Gasteiger partial charge in [-0.3, -0.25) is 0 Å². The van der Waals surface area contributed by atoms with E-state index in [1.807, 2.05) is 38.1 Å². The first-order chi connectivity index (χ1) is 9.52. The zero-order chi connectivity index (χ0) is 14.7. The molecule has 0 aliphatic rings. The number of nitrogens with zero attached hydrogens (tertiary/aromatic N) is 1. The highest BCUT2D eigenvalue weighted by molar-refractivity contribution is 14.1. The molecule has 106 valence electrons. The van der Waals surface area contributed by atoms with E-state index in [9.17, 15) is 4.79 Å². The lowest BCUT2D eigenvalue weighted by Crippen LogP contribution is -2.07. The smallest absolute Gasteiger partial charge is 0.376 e. The Bertz CT molecular complexity index is 602. The Morgan fingerprint density at radius 2 is 2.00 bits per heavy atom. The van der Waals surface area contributed by atoms with Gasteiger partial charge in [-0.2, -0.15) is 0 Å². The van der Waals surface area contributed by atoms with Crippen LogP contribution in [-0.2, 0) is 4.74 Å². The maximum atomic E-state index is 11.9. The summed E-state index contributed by atoms with van der Waals surface area (Å²) in [6, 6.07) is 7.79. The summed E-state index contributed by atoms with van der Waals surface area (Å²) < 4.78 is 11.8. The molecule has 1 aromatic carbocycles. The standard InChI is InChI=1S/C15H16INO3/c1-4-19-15(18)13-12(9(2)3)17-14(20-13)10-5-7-11(16)8-6-10/h5-9H,4H2,1-3H3. The molecule has 0 aliphatic heterocycles. The monoisotopic (exact) mass is 385 g/mol. The molecule has 2 rings (SSSR count). The van der Waals surface area contributed by atoms with E-state index in [0.29, 0.717) is 18.2 Å². The molecule has 4 nitrogen and oxygen atoms in total. The number of hydrogen-bond acceptors (Lipinski definition) is 4. The van der Waals surface area contributed by atoms with Crippen LogP contribution in [0.2, 0.25) is 0 Å². The largest absolute Gasteiger partial charge is 0.460 e. The minimum absolute atomic E-state index is 0.0933. The molecule has 0 radical (unpaired) electrons. The van der Waals surface area contributed by atoms with Crippen molar-refractivity contribution in [2.45, 2.75) is 26.7 Å². The Morgan fingerprint density at radius 1 is 1.35 bits per heavy atom. The van der Waals surface area contributed by atoms with Crippen molar-refractivity contribution in [1.29, 1.82) is 0 Å². The first-order valence-electron chi connectivity index (χ1n) is 6.46. The van der Waals surface area contributed by atoms with Crippen LogP contribution in [0.3, 0.4) is 0 Å². The number of esters is 1. The first-order valence-corrected chi connectivity index (χ1v) is 7.54. The van der Waals surface area contributed by atoms with Gasteiger partial charge in [0.1, 0.15) is 0 Å². The Balaban J connectivity index is 2.43. The zero-order valence-electron chi connectivity index (χ0n) is 11.6. The Morgan fingerprint density at radius 3 is 2.55 bits per heavy atom. The summed E-state index contributed by atoms with van der Waals surface area (Å²) in [7, 11) is 0. The van der Waals surface area contributed by atoms with Crippen LogP contribution in [0.4, 0.5) is 0 Å². The maximum absolute atomic E-state index is 11.9. The summed E-state index contributed by atoms with van der Waals surface area (Å²) in [5, 5.41) is 0. The number of hydrogen-bond donors (Lipinski definition) is 0. The third-order valence-corrected chi connectivity index (χ3v) is 3.47. The fourth-order valence-electron chi connectivity index (χ4n) is 1.78. The molecule has 1 aromatic heterocycles. The Labute approximate surface area is 131 Å². The Kier molecular flexibility index (Phi) is 4.80. The maximum Gasteiger partial charge on any atom is 0.376 e. The Hall–Kier alpha value is -1.37. The second-order valence-electron chi connectivity index (χ2n) is 4.62. The predicted octanol–water partition coefficient (Wildman–Crippen LogP) is 4.25. The number of carbonyl (C=O) groups excluding carboxylic acids is 1. The second-order valence-corrected chi connectivity index (χ2v) is 5.86. The van der Waals surface area contributed by atoms with Crippen LogP contribution >= 0.6 is 22.6 Å². The van der Waals surface area contributed by atoms with Gasteiger partial charge in [0.15, 0.2) is 0 Å². The van der Waals surface area contributed by atoms with Gasteiger partial charge in [0.2, 0.25) is 11.7 Å². The highest BCUT2D eigenvalue weighted by Gasteiger charge is 2.23. The quantitative estimate of drug-likeness (QED) is 0.584. The number of benzene rings is 1. The number of carbonyl (C=O) groups is 1. The minimum atomic E-state index is -0.458. The summed E-state index contributed by atoms with van der Waals surface area (Å²) in [5.41, 5.74) is 1.49. The molecule has 1 heterocycles. The van der Waals surface area contributed by atoms with Gasteiger partial charge in [-0.05, 0) is 59.7 Å². The highest BCUT2D eigenvalue weighted by Crippen LogP contribution is 2.27. The molecule has 0 unspecified atom stereocenters. The van der Waals surface area contributed by atoms with Crippen LogP contribution in [0.5, 0.6) is 0 Å². The summed E-state index contributed by atoms with van der Waals surface area (Å²) in [6.45, 7) is 6.02. The fraction of sp³-hybridized carbons (Fsp3) is 0.333. The van der Waals surface area contributed by atoms with Crippen LogP contribution in [0.1, 0.15) is 42.9 Å². The molecular formula is C15H16INO3. The SMILES string of the molecule is CCOC(=O)c1oc(-c2ccc(I)cc2)nc1C(C)C. The van der Waals surface area contributed by atoms with Crippen LogP contribution < -0.4 is 0 Å². The van der Waals surface area contributed by atoms with E-state index in [2.05, 4.69) is 27.6 Å². The number of ether oxygens (including phenoxy) is 1. The average Bonchev–Trinajstić information content (AvgIpc) is 2.85. The molecule has 5 heteroatoms. The van der Waals surface area contributed by atoms with E-state index in [4.69, 9.17) is 9.15 Å². The zero-order valence-corrected chi connectivity index (χ0v) is 13.8. The van der Waals surface area contributed by atoms with Gasteiger partial charge in [0, 0.05) is 9.13 Å². The van der Waals surface area contributed by atoms with Crippen LogP contribution in [0.25, 0.3) is 11.5 Å². The highest BCUT2D eigenvalue weighted by atomic mass is 127. The lowest BCUT2D eigenvalue weighted by Gasteiger charge is -2.02. The molecule has 0 fully saturated rings. The van der Waals surface area contributed by atoms with E-state index < -0.39 is 5.97 Å². The molecule has 0 N–H and O–H groups in total. The van der Waals surface area contributed by atoms with Crippen molar-refractivity contribution in [2.75, 3.05) is 6.61 Å². The van der Waals surface area contributed by atoms with Gasteiger partial charge >= 0.3 is 5.97 Å². The lowest BCUT2D eigenvalue weighted by atomic mass is 10.1. The molecule has 0 saturated carbocycles. The van der Waals surface area contributed by atoms with Gasteiger partial charge in [-0.25, -0.2) is 9.78 Å². The topological polar surface area (TPSA) is 52.3 Å². The molecule has 20 heavy (non-hydrogen) atoms. The van der Waals surface area contributed by atoms with Gasteiger partial charge in [0.05, 0.1) is 12.3 Å². The van der Waals surface area contributed by atoms with Crippen LogP contribution in [0.15, 0.2) is 28.7 Å². The normalized spacial score (nSPS) is 10.8. The number of rotatable bonds is 4. The van der Waals surface area contributed by atoms with Crippen LogP contribution in [0, 0.1) is 3.57 Å². The molecular weight excluding hydrogens is 369 g/mol. The van der Waals surface area contributed by atoms with Gasteiger partial charge in [-0.1, -0.05) is 13.8 Å². The molecule has 0 aliphatic carbocycles. The number of oxazole rings is 1. The van der Waals surface area contributed by atoms with Crippen molar-refractivity contribution in [3.8, 4) is 11.5 Å². The van der Waals surface area contributed by atoms with Crippen molar-refractivity contribution < 1.29 is 13.9 Å². The average molecular weight is 385 g/mol. The van der Waals surface area contributed by atoms with Crippen molar-refractivity contribution in [1.82, 2.24) is 4.98 Å². The van der Waals surface area contributed by atoms with Gasteiger partial charge in [0.25, 0.3) is 0 Å². The van der Waals surface area contributed by atoms with E-state index in [-0.39, 0.29) is 11.7 Å². The second kappa shape index (κ2) is 6.39. The third kappa shape index (κ3) is 3.20. The van der Waals surface area contributed by atoms with Gasteiger partial charge in [-0.15, -0.1) is 0 Å². The van der Waals surface area contributed by atoms with Crippen molar-refractivity contribution >= 4 is 28.6 Å². The summed E-state index contributed by atoms with van der Waals surface area (Å²) >= 11 is 2.23. The van der Waals surface area contributed by atoms with Crippen molar-refractivity contribution in [3.05, 3.63) is 39.3 Å². The lowest BCUT2D eigenvalue weighted by molar-refractivity contribution is 0.0488. The minimum Gasteiger partial charge on any atom is -0.460 e. The number of halogens is 1. The molecule has 0 atom stereocenters. The van der Waals surface area contributed by atoms with Gasteiger partial charge < -0.3 is 9.15 Å².